The second kappa shape index (κ2) is 6.09. The van der Waals surface area contributed by atoms with Gasteiger partial charge in [-0.25, -0.2) is 0 Å². The number of aliphatic imine (C=N–C) groups is 1. The Labute approximate surface area is 122 Å². The lowest BCUT2D eigenvalue weighted by Gasteiger charge is -2.11. The van der Waals surface area contributed by atoms with E-state index in [1.165, 1.54) is 0 Å². The zero-order chi connectivity index (χ0) is 14.7. The van der Waals surface area contributed by atoms with Crippen LogP contribution >= 0.6 is 0 Å². The van der Waals surface area contributed by atoms with E-state index in [1.807, 2.05) is 0 Å². The summed E-state index contributed by atoms with van der Waals surface area (Å²) in [5.74, 6) is 2.34. The number of aliphatic hydroxyl groups excluding tert-OH is 1. The molecule has 0 radical (unpaired) electrons. The molecule has 0 amide bonds. The molecule has 1 aliphatic heterocycles. The normalized spacial score (nSPS) is 18.4. The minimum Gasteiger partial charge on any atom is -0.491 e. The molecule has 7 nitrogen and oxygen atoms in total. The second-order valence-electron chi connectivity index (χ2n) is 5.12. The maximum absolute atomic E-state index is 9.83. The lowest BCUT2D eigenvalue weighted by atomic mass is 10.3. The van der Waals surface area contributed by atoms with Crippen molar-refractivity contribution in [1.82, 2.24) is 5.32 Å². The number of rotatable bonds is 6. The van der Waals surface area contributed by atoms with Crippen molar-refractivity contribution in [2.24, 2.45) is 10.7 Å². The first-order valence-corrected chi connectivity index (χ1v) is 6.97. The standard InChI is InChI=1S/C14H19N3O4/c15-14(17-9-1-2-9)16-6-10(18)7-19-11-3-4-12-13(5-11)21-8-20-12/h3-5,9-10,18H,1-2,6-8H2,(H3,15,16,17)/t10-/m0/s1. The number of fused-ring (bicyclic) bond motifs is 1. The lowest BCUT2D eigenvalue weighted by molar-refractivity contribution is 0.114. The van der Waals surface area contributed by atoms with Gasteiger partial charge in [-0.1, -0.05) is 0 Å². The molecule has 1 atom stereocenters. The summed E-state index contributed by atoms with van der Waals surface area (Å²) in [4.78, 5) is 4.08. The Balaban J connectivity index is 1.43. The average molecular weight is 293 g/mol. The fourth-order valence-corrected chi connectivity index (χ4v) is 1.90. The van der Waals surface area contributed by atoms with Crippen molar-refractivity contribution in [3.63, 3.8) is 0 Å². The number of aliphatic hydroxyl groups is 1. The van der Waals surface area contributed by atoms with Gasteiger partial charge in [-0.05, 0) is 25.0 Å². The number of nitrogens with zero attached hydrogens (tertiary/aromatic N) is 1. The molecule has 21 heavy (non-hydrogen) atoms. The highest BCUT2D eigenvalue weighted by molar-refractivity contribution is 5.78. The van der Waals surface area contributed by atoms with Gasteiger partial charge in [0.05, 0.1) is 6.54 Å². The molecule has 114 valence electrons. The van der Waals surface area contributed by atoms with E-state index in [9.17, 15) is 5.11 Å². The summed E-state index contributed by atoms with van der Waals surface area (Å²) < 4.78 is 16.0. The number of hydrogen-bond donors (Lipinski definition) is 3. The van der Waals surface area contributed by atoms with Gasteiger partial charge < -0.3 is 30.4 Å². The summed E-state index contributed by atoms with van der Waals surface area (Å²) in [6.07, 6.45) is 1.55. The summed E-state index contributed by atoms with van der Waals surface area (Å²) in [6.45, 7) is 0.569. The summed E-state index contributed by atoms with van der Waals surface area (Å²) in [5.41, 5.74) is 5.69. The molecule has 2 aliphatic rings. The van der Waals surface area contributed by atoms with Gasteiger partial charge in [-0.3, -0.25) is 4.99 Å². The maximum atomic E-state index is 9.83. The fraction of sp³-hybridized carbons (Fsp3) is 0.500. The van der Waals surface area contributed by atoms with Gasteiger partial charge in [0.25, 0.3) is 0 Å². The largest absolute Gasteiger partial charge is 0.491 e. The molecular weight excluding hydrogens is 274 g/mol. The smallest absolute Gasteiger partial charge is 0.231 e. The van der Waals surface area contributed by atoms with Crippen LogP contribution in [0, 0.1) is 0 Å². The molecule has 1 heterocycles. The van der Waals surface area contributed by atoms with Crippen molar-refractivity contribution >= 4 is 5.96 Å². The van der Waals surface area contributed by atoms with Crippen LogP contribution in [0.1, 0.15) is 12.8 Å². The maximum Gasteiger partial charge on any atom is 0.231 e. The molecule has 7 heteroatoms. The highest BCUT2D eigenvalue weighted by Gasteiger charge is 2.21. The molecule has 0 unspecified atom stereocenters. The molecule has 1 saturated carbocycles. The zero-order valence-electron chi connectivity index (χ0n) is 11.6. The lowest BCUT2D eigenvalue weighted by Crippen LogP contribution is -2.34. The van der Waals surface area contributed by atoms with Crippen molar-refractivity contribution in [3.8, 4) is 17.2 Å². The topological polar surface area (TPSA) is 98.3 Å². The van der Waals surface area contributed by atoms with Crippen LogP contribution in [0.3, 0.4) is 0 Å². The number of ether oxygens (including phenoxy) is 3. The number of nitrogens with two attached hydrogens (primary N) is 1. The highest BCUT2D eigenvalue weighted by Crippen LogP contribution is 2.35. The first-order valence-electron chi connectivity index (χ1n) is 6.97. The average Bonchev–Trinajstić information content (AvgIpc) is 3.16. The third-order valence-electron chi connectivity index (χ3n) is 3.19. The van der Waals surface area contributed by atoms with E-state index in [2.05, 4.69) is 10.3 Å². The van der Waals surface area contributed by atoms with E-state index in [4.69, 9.17) is 19.9 Å². The van der Waals surface area contributed by atoms with Crippen molar-refractivity contribution in [1.29, 1.82) is 0 Å². The Morgan fingerprint density at radius 2 is 2.24 bits per heavy atom. The van der Waals surface area contributed by atoms with Gasteiger partial charge >= 0.3 is 0 Å². The Kier molecular flexibility index (Phi) is 4.01. The molecule has 4 N–H and O–H groups in total. The zero-order valence-corrected chi connectivity index (χ0v) is 11.6. The molecule has 0 spiro atoms. The first kappa shape index (κ1) is 13.8. The van der Waals surface area contributed by atoms with Crippen LogP contribution in [-0.4, -0.2) is 43.2 Å². The molecular formula is C14H19N3O4. The molecule has 1 aromatic rings. The molecule has 0 aromatic heterocycles. The number of hydrogen-bond acceptors (Lipinski definition) is 5. The SMILES string of the molecule is NC(=NC[C@H](O)COc1ccc2c(c1)OCO2)NC1CC1. The number of guanidine groups is 1. The van der Waals surface area contributed by atoms with Gasteiger partial charge in [-0.15, -0.1) is 0 Å². The van der Waals surface area contributed by atoms with Gasteiger partial charge in [0.1, 0.15) is 18.5 Å². The highest BCUT2D eigenvalue weighted by atomic mass is 16.7. The minimum atomic E-state index is -0.713. The van der Waals surface area contributed by atoms with Crippen molar-refractivity contribution < 1.29 is 19.3 Å². The van der Waals surface area contributed by atoms with Crippen LogP contribution < -0.4 is 25.3 Å². The van der Waals surface area contributed by atoms with Gasteiger partial charge in [-0.2, -0.15) is 0 Å². The fourth-order valence-electron chi connectivity index (χ4n) is 1.90. The third kappa shape index (κ3) is 3.91. The van der Waals surface area contributed by atoms with E-state index in [1.54, 1.807) is 18.2 Å². The van der Waals surface area contributed by atoms with Gasteiger partial charge in [0.2, 0.25) is 6.79 Å². The molecule has 1 aliphatic carbocycles. The van der Waals surface area contributed by atoms with E-state index >= 15 is 0 Å². The second-order valence-corrected chi connectivity index (χ2v) is 5.12. The van der Waals surface area contributed by atoms with Crippen LogP contribution in [-0.2, 0) is 0 Å². The van der Waals surface area contributed by atoms with Crippen LogP contribution in [0.4, 0.5) is 0 Å². The van der Waals surface area contributed by atoms with Crippen LogP contribution in [0.25, 0.3) is 0 Å². The Morgan fingerprint density at radius 3 is 3.05 bits per heavy atom. The van der Waals surface area contributed by atoms with Crippen molar-refractivity contribution in [2.45, 2.75) is 25.0 Å². The minimum absolute atomic E-state index is 0.139. The Morgan fingerprint density at radius 1 is 1.43 bits per heavy atom. The molecule has 1 aromatic carbocycles. The van der Waals surface area contributed by atoms with Crippen molar-refractivity contribution in [2.75, 3.05) is 19.9 Å². The van der Waals surface area contributed by atoms with E-state index in [0.29, 0.717) is 29.2 Å². The summed E-state index contributed by atoms with van der Waals surface area (Å²) in [7, 11) is 0. The molecule has 3 rings (SSSR count). The van der Waals surface area contributed by atoms with E-state index in [0.717, 1.165) is 12.8 Å². The predicted octanol–water partition coefficient (Wildman–Crippen LogP) is 0.222. The van der Waals surface area contributed by atoms with Gasteiger partial charge in [0.15, 0.2) is 17.5 Å². The van der Waals surface area contributed by atoms with Crippen LogP contribution in [0.2, 0.25) is 0 Å². The molecule has 1 fully saturated rings. The Bertz CT molecular complexity index is 531. The van der Waals surface area contributed by atoms with Crippen LogP contribution in [0.15, 0.2) is 23.2 Å². The third-order valence-corrected chi connectivity index (χ3v) is 3.19. The predicted molar refractivity (Wildman–Crippen MR) is 76.7 cm³/mol. The van der Waals surface area contributed by atoms with E-state index in [-0.39, 0.29) is 19.9 Å². The van der Waals surface area contributed by atoms with Crippen LogP contribution in [0.5, 0.6) is 17.2 Å². The Hall–Kier alpha value is -2.15. The quantitative estimate of drug-likeness (QED) is 0.513. The number of benzene rings is 1. The van der Waals surface area contributed by atoms with Gasteiger partial charge in [0, 0.05) is 12.1 Å². The van der Waals surface area contributed by atoms with Crippen molar-refractivity contribution in [3.05, 3.63) is 18.2 Å². The molecule has 0 saturated heterocycles. The monoisotopic (exact) mass is 293 g/mol. The summed E-state index contributed by atoms with van der Waals surface area (Å²) in [5, 5.41) is 12.9. The number of nitrogens with one attached hydrogen (secondary N) is 1. The summed E-state index contributed by atoms with van der Waals surface area (Å²) in [6, 6.07) is 5.74. The first-order chi connectivity index (χ1) is 10.2. The summed E-state index contributed by atoms with van der Waals surface area (Å²) >= 11 is 0. The van der Waals surface area contributed by atoms with E-state index < -0.39 is 6.10 Å². The molecule has 0 bridgehead atoms.